The molecule has 2 aromatic heterocycles. The predicted octanol–water partition coefficient (Wildman–Crippen LogP) is 2.00. The number of rotatable bonds is 6. The fourth-order valence-electron chi connectivity index (χ4n) is 3.00. The van der Waals surface area contributed by atoms with Gasteiger partial charge < -0.3 is 24.3 Å². The summed E-state index contributed by atoms with van der Waals surface area (Å²) >= 11 is 0. The zero-order valence-electron chi connectivity index (χ0n) is 16.4. The van der Waals surface area contributed by atoms with E-state index in [0.717, 1.165) is 17.9 Å². The summed E-state index contributed by atoms with van der Waals surface area (Å²) in [6.45, 7) is 6.06. The van der Waals surface area contributed by atoms with Gasteiger partial charge >= 0.3 is 0 Å². The summed E-state index contributed by atoms with van der Waals surface area (Å²) in [6.07, 6.45) is 4.29. The minimum Gasteiger partial charge on any atom is -0.478 e. The Morgan fingerprint density at radius 2 is 2.04 bits per heavy atom. The first kappa shape index (κ1) is 19.7. The number of nitrogens with zero attached hydrogens (tertiary/aromatic N) is 4. The van der Waals surface area contributed by atoms with Crippen LogP contribution in [-0.2, 0) is 6.54 Å². The highest BCUT2D eigenvalue weighted by atomic mass is 16.5. The van der Waals surface area contributed by atoms with Crippen LogP contribution in [0.3, 0.4) is 0 Å². The van der Waals surface area contributed by atoms with Crippen molar-refractivity contribution in [3.05, 3.63) is 48.0 Å². The van der Waals surface area contributed by atoms with Gasteiger partial charge in [-0.1, -0.05) is 13.0 Å². The first-order chi connectivity index (χ1) is 13.7. The number of pyridine rings is 1. The quantitative estimate of drug-likeness (QED) is 0.605. The third-order valence-corrected chi connectivity index (χ3v) is 4.51. The molecule has 0 saturated carbocycles. The van der Waals surface area contributed by atoms with Gasteiger partial charge in [-0.15, -0.1) is 0 Å². The highest BCUT2D eigenvalue weighted by Crippen LogP contribution is 2.11. The molecule has 0 radical (unpaired) electrons. The molecule has 3 heterocycles. The molecule has 150 valence electrons. The molecule has 28 heavy (non-hydrogen) atoms. The van der Waals surface area contributed by atoms with Crippen molar-refractivity contribution in [2.45, 2.75) is 19.9 Å². The molecule has 1 saturated heterocycles. The second kappa shape index (κ2) is 9.77. The van der Waals surface area contributed by atoms with Gasteiger partial charge in [-0.25, -0.2) is 4.98 Å². The summed E-state index contributed by atoms with van der Waals surface area (Å²) in [5.74, 6) is 1.78. The van der Waals surface area contributed by atoms with Crippen LogP contribution in [0.15, 0.2) is 46.1 Å². The van der Waals surface area contributed by atoms with Gasteiger partial charge in [0.15, 0.2) is 11.7 Å². The van der Waals surface area contributed by atoms with Crippen LogP contribution < -0.4 is 10.1 Å². The number of carbonyl (C=O) groups excluding carboxylic acids is 1. The highest BCUT2D eigenvalue weighted by Gasteiger charge is 2.25. The fraction of sp³-hybridized carbons (Fsp3) is 0.450. The lowest BCUT2D eigenvalue weighted by atomic mass is 10.2. The average Bonchev–Trinajstić information content (AvgIpc) is 3.28. The topological polar surface area (TPSA) is 83.2 Å². The average molecular weight is 385 g/mol. The van der Waals surface area contributed by atoms with Crippen LogP contribution in [0.25, 0.3) is 0 Å². The Bertz CT molecular complexity index is 766. The smallest absolute Gasteiger partial charge is 0.289 e. The molecular weight excluding hydrogens is 358 g/mol. The second-order valence-electron chi connectivity index (χ2n) is 6.51. The number of furan rings is 1. The van der Waals surface area contributed by atoms with Gasteiger partial charge in [-0.05, 0) is 24.1 Å². The van der Waals surface area contributed by atoms with E-state index in [4.69, 9.17) is 9.15 Å². The van der Waals surface area contributed by atoms with E-state index < -0.39 is 0 Å². The molecule has 0 spiro atoms. The van der Waals surface area contributed by atoms with E-state index in [-0.39, 0.29) is 5.91 Å². The van der Waals surface area contributed by atoms with Crippen molar-refractivity contribution in [1.29, 1.82) is 0 Å². The summed E-state index contributed by atoms with van der Waals surface area (Å²) in [7, 11) is 1.77. The lowest BCUT2D eigenvalue weighted by molar-refractivity contribution is 0.0657. The van der Waals surface area contributed by atoms with E-state index in [1.807, 2.05) is 23.2 Å². The van der Waals surface area contributed by atoms with E-state index in [9.17, 15) is 4.79 Å². The van der Waals surface area contributed by atoms with Gasteiger partial charge in [0.2, 0.25) is 5.88 Å². The molecule has 8 heteroatoms. The first-order valence-corrected chi connectivity index (χ1v) is 9.57. The molecule has 0 bridgehead atoms. The number of aromatic nitrogens is 1. The number of carbonyl (C=O) groups is 1. The monoisotopic (exact) mass is 385 g/mol. The van der Waals surface area contributed by atoms with Crippen molar-refractivity contribution >= 4 is 11.9 Å². The second-order valence-corrected chi connectivity index (χ2v) is 6.51. The Morgan fingerprint density at radius 1 is 1.25 bits per heavy atom. The van der Waals surface area contributed by atoms with Crippen LogP contribution >= 0.6 is 0 Å². The van der Waals surface area contributed by atoms with Crippen LogP contribution in [0.1, 0.15) is 29.5 Å². The van der Waals surface area contributed by atoms with E-state index in [2.05, 4.69) is 27.1 Å². The lowest BCUT2D eigenvalue weighted by Gasteiger charge is -2.36. The molecule has 1 aliphatic heterocycles. The van der Waals surface area contributed by atoms with E-state index in [1.54, 1.807) is 19.2 Å². The molecule has 0 unspecified atom stereocenters. The maximum Gasteiger partial charge on any atom is 0.289 e. The molecular formula is C20H27N5O3. The van der Waals surface area contributed by atoms with Gasteiger partial charge in [-0.2, -0.15) is 0 Å². The number of hydrogen-bond donors (Lipinski definition) is 1. The van der Waals surface area contributed by atoms with Gasteiger partial charge in [0.25, 0.3) is 5.91 Å². The minimum absolute atomic E-state index is 0.0657. The fourth-order valence-corrected chi connectivity index (χ4v) is 3.00. The number of hydrogen-bond acceptors (Lipinski definition) is 5. The van der Waals surface area contributed by atoms with E-state index in [1.165, 1.54) is 6.26 Å². The van der Waals surface area contributed by atoms with Crippen molar-refractivity contribution in [2.75, 3.05) is 39.8 Å². The molecule has 1 amide bonds. The Morgan fingerprint density at radius 3 is 2.64 bits per heavy atom. The number of ether oxygens (including phenoxy) is 1. The highest BCUT2D eigenvalue weighted by molar-refractivity contribution is 5.91. The van der Waals surface area contributed by atoms with E-state index >= 15 is 0 Å². The lowest BCUT2D eigenvalue weighted by Crippen LogP contribution is -2.53. The van der Waals surface area contributed by atoms with E-state index in [0.29, 0.717) is 51.0 Å². The molecule has 8 nitrogen and oxygen atoms in total. The Labute approximate surface area is 165 Å². The number of amides is 1. The largest absolute Gasteiger partial charge is 0.478 e. The Hall–Kier alpha value is -3.03. The van der Waals surface area contributed by atoms with Crippen molar-refractivity contribution in [3.63, 3.8) is 0 Å². The SMILES string of the molecule is CCCOc1ccc(CNC(=NC)N2CCN(C(=O)c3ccco3)CC2)cn1. The van der Waals surface area contributed by atoms with Crippen molar-refractivity contribution < 1.29 is 13.9 Å². The minimum atomic E-state index is -0.0657. The summed E-state index contributed by atoms with van der Waals surface area (Å²) in [5.41, 5.74) is 1.05. The maximum atomic E-state index is 12.4. The number of nitrogens with one attached hydrogen (secondary N) is 1. The summed E-state index contributed by atoms with van der Waals surface area (Å²) in [6, 6.07) is 7.31. The maximum absolute atomic E-state index is 12.4. The summed E-state index contributed by atoms with van der Waals surface area (Å²) < 4.78 is 10.7. The van der Waals surface area contributed by atoms with Crippen LogP contribution in [0, 0.1) is 0 Å². The third kappa shape index (κ3) is 5.03. The molecule has 1 aliphatic rings. The summed E-state index contributed by atoms with van der Waals surface area (Å²) in [5, 5.41) is 3.36. The molecule has 3 rings (SSSR count). The number of piperazine rings is 1. The van der Waals surface area contributed by atoms with Crippen molar-refractivity contribution in [2.24, 2.45) is 4.99 Å². The summed E-state index contributed by atoms with van der Waals surface area (Å²) in [4.78, 5) is 25.0. The van der Waals surface area contributed by atoms with Crippen molar-refractivity contribution in [3.8, 4) is 5.88 Å². The van der Waals surface area contributed by atoms with Gasteiger partial charge in [0.1, 0.15) is 0 Å². The Kier molecular flexibility index (Phi) is 6.89. The zero-order valence-corrected chi connectivity index (χ0v) is 16.4. The van der Waals surface area contributed by atoms with Crippen molar-refractivity contribution in [1.82, 2.24) is 20.1 Å². The zero-order chi connectivity index (χ0) is 19.8. The van der Waals surface area contributed by atoms with Crippen LogP contribution in [0.4, 0.5) is 0 Å². The normalized spacial score (nSPS) is 14.9. The Balaban J connectivity index is 1.47. The third-order valence-electron chi connectivity index (χ3n) is 4.51. The number of aliphatic imine (C=N–C) groups is 1. The molecule has 1 N–H and O–H groups in total. The van der Waals surface area contributed by atoms with Crippen LogP contribution in [-0.4, -0.2) is 66.5 Å². The van der Waals surface area contributed by atoms with Crippen LogP contribution in [0.2, 0.25) is 0 Å². The predicted molar refractivity (Wildman–Crippen MR) is 106 cm³/mol. The van der Waals surface area contributed by atoms with Gasteiger partial charge in [0.05, 0.1) is 12.9 Å². The molecule has 1 fully saturated rings. The van der Waals surface area contributed by atoms with Crippen LogP contribution in [0.5, 0.6) is 5.88 Å². The first-order valence-electron chi connectivity index (χ1n) is 9.57. The van der Waals surface area contributed by atoms with Gasteiger partial charge in [0, 0.05) is 52.0 Å². The molecule has 0 aromatic carbocycles. The molecule has 0 atom stereocenters. The molecule has 0 aliphatic carbocycles. The molecule has 2 aromatic rings. The standard InChI is InChI=1S/C20H27N5O3/c1-3-12-28-18-7-6-16(14-22-18)15-23-20(21-2)25-10-8-24(9-11-25)19(26)17-5-4-13-27-17/h4-7,13-14H,3,8-12,15H2,1-2H3,(H,21,23). The van der Waals surface area contributed by atoms with Gasteiger partial charge in [-0.3, -0.25) is 9.79 Å². The number of guanidine groups is 1.